The molecule has 2 fully saturated rings. The summed E-state index contributed by atoms with van der Waals surface area (Å²) in [6, 6.07) is 0.387. The van der Waals surface area contributed by atoms with Crippen LogP contribution in [-0.4, -0.2) is 83.1 Å². The molecule has 0 aromatic heterocycles. The smallest absolute Gasteiger partial charge is 0.331 e. The van der Waals surface area contributed by atoms with Crippen molar-refractivity contribution in [2.24, 2.45) is 29.6 Å². The van der Waals surface area contributed by atoms with E-state index in [4.69, 9.17) is 4.74 Å². The summed E-state index contributed by atoms with van der Waals surface area (Å²) in [5.74, 6) is -0.0775. The summed E-state index contributed by atoms with van der Waals surface area (Å²) in [6.45, 7) is 17.0. The Labute approximate surface area is 370 Å². The second-order valence-electron chi connectivity index (χ2n) is 17.7. The molecule has 0 aliphatic carbocycles. The van der Waals surface area contributed by atoms with Gasteiger partial charge in [0.1, 0.15) is 11.9 Å². The molecule has 3 heterocycles. The number of hydrogen-bond acceptors (Lipinski definition) is 8. The van der Waals surface area contributed by atoms with Crippen LogP contribution < -0.4 is 21.3 Å². The fourth-order valence-corrected chi connectivity index (χ4v) is 9.77. The van der Waals surface area contributed by atoms with Crippen molar-refractivity contribution in [3.8, 4) is 0 Å². The molecule has 10 unspecified atom stereocenters. The second kappa shape index (κ2) is 27.2. The van der Waals surface area contributed by atoms with E-state index in [1.807, 2.05) is 70.7 Å². The molecule has 0 spiro atoms. The number of esters is 1. The number of hydrogen-bond donors (Lipinski definition) is 5. The van der Waals surface area contributed by atoms with Crippen LogP contribution >= 0.6 is 11.8 Å². The van der Waals surface area contributed by atoms with Gasteiger partial charge in [0.05, 0.1) is 18.2 Å². The molecule has 0 saturated carbocycles. The van der Waals surface area contributed by atoms with Gasteiger partial charge in [-0.3, -0.25) is 14.4 Å². The van der Waals surface area contributed by atoms with Gasteiger partial charge in [0.2, 0.25) is 11.8 Å². The number of carbonyl (C=O) groups excluding carboxylic acids is 5. The van der Waals surface area contributed by atoms with Crippen LogP contribution in [-0.2, 0) is 23.9 Å². The Kier molecular flexibility index (Phi) is 23.0. The van der Waals surface area contributed by atoms with Gasteiger partial charge in [-0.1, -0.05) is 114 Å². The van der Waals surface area contributed by atoms with E-state index in [0.717, 1.165) is 74.7 Å². The van der Waals surface area contributed by atoms with Crippen molar-refractivity contribution in [2.45, 2.75) is 156 Å². The maximum atomic E-state index is 13.3. The minimum atomic E-state index is -0.833. The number of urea groups is 1. The summed E-state index contributed by atoms with van der Waals surface area (Å²) >= 11 is 1.90. The van der Waals surface area contributed by atoms with Crippen LogP contribution in [0.15, 0.2) is 71.4 Å². The Morgan fingerprint density at radius 3 is 2.41 bits per heavy atom. The van der Waals surface area contributed by atoms with Gasteiger partial charge in [0.25, 0.3) is 0 Å². The molecule has 12 heteroatoms. The Morgan fingerprint density at radius 1 is 0.967 bits per heavy atom. The van der Waals surface area contributed by atoms with Crippen molar-refractivity contribution in [3.63, 3.8) is 0 Å². The molecule has 10 atom stereocenters. The summed E-state index contributed by atoms with van der Waals surface area (Å²) in [5.41, 5.74) is 3.04. The maximum Gasteiger partial charge on any atom is 0.331 e. The highest BCUT2D eigenvalue weighted by Crippen LogP contribution is 2.33. The Hall–Kier alpha value is -3.90. The van der Waals surface area contributed by atoms with E-state index >= 15 is 0 Å². The summed E-state index contributed by atoms with van der Waals surface area (Å²) in [4.78, 5) is 61.3. The lowest BCUT2D eigenvalue weighted by Gasteiger charge is -2.25. The zero-order valence-electron chi connectivity index (χ0n) is 38.2. The third-order valence-electron chi connectivity index (χ3n) is 11.9. The molecule has 0 bridgehead atoms. The first-order valence-electron chi connectivity index (χ1n) is 22.8. The topological polar surface area (TPSA) is 163 Å². The van der Waals surface area contributed by atoms with Crippen molar-refractivity contribution >= 4 is 41.4 Å². The first-order chi connectivity index (χ1) is 29.1. The van der Waals surface area contributed by atoms with Crippen LogP contribution in [0.4, 0.5) is 4.79 Å². The number of amides is 4. The Bertz CT molecular complexity index is 1650. The molecule has 0 radical (unpaired) electrons. The van der Waals surface area contributed by atoms with Gasteiger partial charge in [0, 0.05) is 60.4 Å². The number of Topliss-reactive ketones (excluding diaryl/α,β-unsaturated/α-hetero) is 1. The van der Waals surface area contributed by atoms with E-state index in [9.17, 15) is 29.1 Å². The number of aliphatic hydroxyl groups excluding tert-OH is 1. The number of nitrogens with one attached hydrogen (secondary N) is 4. The number of ether oxygens (including phenoxy) is 1. The molecule has 340 valence electrons. The van der Waals surface area contributed by atoms with Crippen LogP contribution in [0.5, 0.6) is 0 Å². The van der Waals surface area contributed by atoms with E-state index in [0.29, 0.717) is 37.1 Å². The normalized spacial score (nSPS) is 24.5. The minimum Gasteiger partial charge on any atom is -0.454 e. The zero-order chi connectivity index (χ0) is 44.9. The van der Waals surface area contributed by atoms with Gasteiger partial charge in [0.15, 0.2) is 0 Å². The summed E-state index contributed by atoms with van der Waals surface area (Å²) in [5, 5.41) is 23.5. The van der Waals surface area contributed by atoms with E-state index in [2.05, 4.69) is 53.3 Å². The number of rotatable bonds is 27. The van der Waals surface area contributed by atoms with Crippen LogP contribution in [0.3, 0.4) is 0 Å². The SMILES string of the molecule is CCC(C=CC1OC(=O)C=CC1C)=CC(C)CC=CC(C)=CC(C)C(=O)C(C)C(O)C(C)CC(C)=CC(=O)NCCCCCCNC(=O)CCCCC1SCC2NC(=O)NC21. The molecule has 0 aromatic carbocycles. The molecule has 11 nitrogen and oxygen atoms in total. The van der Waals surface area contributed by atoms with Crippen LogP contribution in [0.25, 0.3) is 0 Å². The highest BCUT2D eigenvalue weighted by Gasteiger charge is 2.42. The molecular weight excluding hydrogens is 789 g/mol. The maximum absolute atomic E-state index is 13.3. The molecular formula is C49H76N4O7S. The lowest BCUT2D eigenvalue weighted by atomic mass is 9.83. The predicted octanol–water partition coefficient (Wildman–Crippen LogP) is 8.22. The van der Waals surface area contributed by atoms with Gasteiger partial charge in [-0.2, -0.15) is 11.8 Å². The van der Waals surface area contributed by atoms with Gasteiger partial charge < -0.3 is 31.1 Å². The molecule has 3 aliphatic heterocycles. The van der Waals surface area contributed by atoms with Crippen molar-refractivity contribution < 1.29 is 33.8 Å². The largest absolute Gasteiger partial charge is 0.454 e. The molecule has 0 aromatic rings. The quantitative estimate of drug-likeness (QED) is 0.0182. The minimum absolute atomic E-state index is 0.0128. The van der Waals surface area contributed by atoms with Crippen LogP contribution in [0, 0.1) is 29.6 Å². The van der Waals surface area contributed by atoms with E-state index in [-0.39, 0.29) is 65.5 Å². The van der Waals surface area contributed by atoms with Gasteiger partial charge in [-0.25, -0.2) is 9.59 Å². The van der Waals surface area contributed by atoms with Gasteiger partial charge >= 0.3 is 12.0 Å². The molecule has 3 rings (SSSR count). The van der Waals surface area contributed by atoms with Crippen molar-refractivity contribution in [1.82, 2.24) is 21.3 Å². The van der Waals surface area contributed by atoms with Crippen LogP contribution in [0.2, 0.25) is 0 Å². The van der Waals surface area contributed by atoms with Gasteiger partial charge in [-0.15, -0.1) is 0 Å². The average Bonchev–Trinajstić information content (AvgIpc) is 3.77. The number of cyclic esters (lactones) is 1. The Morgan fingerprint density at radius 2 is 1.69 bits per heavy atom. The summed E-state index contributed by atoms with van der Waals surface area (Å²) in [6.07, 6.45) is 25.5. The van der Waals surface area contributed by atoms with Crippen molar-refractivity contribution in [1.29, 1.82) is 0 Å². The number of thioether (sulfide) groups is 1. The third kappa shape index (κ3) is 18.9. The Balaban J connectivity index is 1.26. The van der Waals surface area contributed by atoms with Crippen molar-refractivity contribution in [3.05, 3.63) is 71.4 Å². The lowest BCUT2D eigenvalue weighted by Crippen LogP contribution is -2.36. The number of unbranched alkanes of at least 4 members (excludes halogenated alkanes) is 4. The number of fused-ring (bicyclic) bond motifs is 1. The third-order valence-corrected chi connectivity index (χ3v) is 13.4. The highest BCUT2D eigenvalue weighted by atomic mass is 32.2. The number of aliphatic hydroxyl groups is 1. The molecule has 61 heavy (non-hydrogen) atoms. The molecule has 4 amide bonds. The predicted molar refractivity (Wildman–Crippen MR) is 248 cm³/mol. The van der Waals surface area contributed by atoms with E-state index < -0.39 is 12.0 Å². The zero-order valence-corrected chi connectivity index (χ0v) is 39.0. The fraction of sp³-hybridized carbons (Fsp3) is 0.653. The lowest BCUT2D eigenvalue weighted by molar-refractivity contribution is -0.143. The highest BCUT2D eigenvalue weighted by molar-refractivity contribution is 8.00. The first-order valence-corrected chi connectivity index (χ1v) is 23.9. The monoisotopic (exact) mass is 865 g/mol. The second-order valence-corrected chi connectivity index (χ2v) is 18.9. The number of carbonyl (C=O) groups is 5. The molecule has 3 aliphatic rings. The standard InChI is InChI=1S/C49H76N4O7S/c1-9-39(22-23-41-35(5)21-24-45(56)60-41)29-33(3)18-16-17-32(2)27-36(6)47(57)38(8)48(58)37(7)28-34(4)30-44(55)51-26-15-11-10-14-25-50-43(54)20-13-12-19-42-46-40(31-61-42)52-49(59)53-46/h16-17,21-24,27,29-30,33,35-38,40-42,46,48,58H,9-15,18-20,25-26,28,31H2,1-8H3,(H,50,54)(H,51,55)(H2,52,53,59). The van der Waals surface area contributed by atoms with Gasteiger partial charge in [-0.05, 0) is 76.7 Å². The molecule has 2 saturated heterocycles. The number of ketones is 1. The average molecular weight is 865 g/mol. The van der Waals surface area contributed by atoms with E-state index in [1.165, 1.54) is 11.6 Å². The van der Waals surface area contributed by atoms with E-state index in [1.54, 1.807) is 13.0 Å². The molecule has 5 N–H and O–H groups in total. The van der Waals surface area contributed by atoms with Crippen molar-refractivity contribution in [2.75, 3.05) is 18.8 Å². The summed E-state index contributed by atoms with van der Waals surface area (Å²) < 4.78 is 5.43. The summed E-state index contributed by atoms with van der Waals surface area (Å²) in [7, 11) is 0. The first kappa shape index (κ1) is 51.5. The van der Waals surface area contributed by atoms with Crippen LogP contribution in [0.1, 0.15) is 126 Å². The fourth-order valence-electron chi connectivity index (χ4n) is 8.22. The number of allylic oxidation sites excluding steroid dienone is 8.